The second-order valence-electron chi connectivity index (χ2n) is 4.42. The van der Waals surface area contributed by atoms with E-state index in [1.165, 1.54) is 0 Å². The number of aliphatic carboxylic acids is 2. The first kappa shape index (κ1) is 13.9. The molecule has 0 amide bonds. The van der Waals surface area contributed by atoms with E-state index in [2.05, 4.69) is 17.1 Å². The van der Waals surface area contributed by atoms with Crippen molar-refractivity contribution in [2.45, 2.75) is 31.5 Å². The maximum Gasteiger partial charge on any atom is 0.414 e. The Bertz CT molecular complexity index is 284. The Kier molecular flexibility index (Phi) is 4.86. The molecule has 2 aliphatic heterocycles. The van der Waals surface area contributed by atoms with Gasteiger partial charge in [0.2, 0.25) is 0 Å². The molecule has 0 spiro atoms. The van der Waals surface area contributed by atoms with Crippen molar-refractivity contribution < 1.29 is 24.9 Å². The van der Waals surface area contributed by atoms with Crippen molar-refractivity contribution >= 4 is 11.9 Å². The molecule has 0 radical (unpaired) electrons. The molecule has 0 aromatic heterocycles. The first-order chi connectivity index (χ1) is 7.90. The molecule has 3 atom stereocenters. The summed E-state index contributed by atoms with van der Waals surface area (Å²) in [5.74, 6) is -3.65. The van der Waals surface area contributed by atoms with Gasteiger partial charge in [-0.15, -0.1) is 0 Å². The molecule has 17 heavy (non-hydrogen) atoms. The van der Waals surface area contributed by atoms with E-state index in [-0.39, 0.29) is 6.10 Å². The van der Waals surface area contributed by atoms with Crippen LogP contribution < -0.4 is 5.32 Å². The zero-order valence-electron chi connectivity index (χ0n) is 9.67. The Hall–Kier alpha value is -1.18. The second-order valence-corrected chi connectivity index (χ2v) is 4.42. The SMILES string of the molecule is C[C@H]1CN2C[C@H](O)C[C@H]2CN1.O=C(O)C(=O)O. The first-order valence-electron chi connectivity index (χ1n) is 5.52. The number of carboxylic acid groups (broad SMARTS) is 2. The molecule has 2 saturated heterocycles. The van der Waals surface area contributed by atoms with E-state index in [1.807, 2.05) is 0 Å². The number of aliphatic hydroxyl groups is 1. The number of aliphatic hydroxyl groups excluding tert-OH is 1. The standard InChI is InChI=1S/C8H16N2O.C2H2O4/c1-6-4-10-5-8(11)2-7(10)3-9-6;3-1(4)2(5)6/h6-9,11H,2-5H2,1H3;(H,3,4)(H,5,6)/t6-,7-,8+;/m0./s1. The maximum absolute atomic E-state index is 9.38. The molecule has 0 saturated carbocycles. The van der Waals surface area contributed by atoms with Gasteiger partial charge in [-0.05, 0) is 13.3 Å². The minimum Gasteiger partial charge on any atom is -0.473 e. The third-order valence-corrected chi connectivity index (χ3v) is 2.90. The van der Waals surface area contributed by atoms with E-state index < -0.39 is 11.9 Å². The van der Waals surface area contributed by atoms with Gasteiger partial charge in [0.1, 0.15) is 0 Å². The van der Waals surface area contributed by atoms with E-state index in [0.29, 0.717) is 12.1 Å². The molecule has 0 aromatic carbocycles. The number of nitrogens with zero attached hydrogens (tertiary/aromatic N) is 1. The lowest BCUT2D eigenvalue weighted by atomic mass is 10.1. The van der Waals surface area contributed by atoms with Gasteiger partial charge in [0.05, 0.1) is 6.10 Å². The molecule has 4 N–H and O–H groups in total. The second kappa shape index (κ2) is 5.95. The average Bonchev–Trinajstić information content (AvgIpc) is 2.58. The number of fused-ring (bicyclic) bond motifs is 1. The summed E-state index contributed by atoms with van der Waals surface area (Å²) in [6, 6.07) is 1.19. The largest absolute Gasteiger partial charge is 0.473 e. The normalized spacial score (nSPS) is 32.2. The molecule has 7 nitrogen and oxygen atoms in total. The van der Waals surface area contributed by atoms with Gasteiger partial charge in [-0.2, -0.15) is 0 Å². The van der Waals surface area contributed by atoms with Gasteiger partial charge in [0.15, 0.2) is 0 Å². The summed E-state index contributed by atoms with van der Waals surface area (Å²) < 4.78 is 0. The molecule has 7 heteroatoms. The van der Waals surface area contributed by atoms with Gasteiger partial charge in [-0.3, -0.25) is 4.90 Å². The highest BCUT2D eigenvalue weighted by Gasteiger charge is 2.34. The molecule has 2 aliphatic rings. The number of hydrogen-bond acceptors (Lipinski definition) is 5. The summed E-state index contributed by atoms with van der Waals surface area (Å²) in [7, 11) is 0. The quantitative estimate of drug-likeness (QED) is 0.388. The fourth-order valence-electron chi connectivity index (χ4n) is 2.15. The summed E-state index contributed by atoms with van der Waals surface area (Å²) in [6.45, 7) is 5.23. The number of carbonyl (C=O) groups is 2. The van der Waals surface area contributed by atoms with Gasteiger partial charge < -0.3 is 20.6 Å². The Morgan fingerprint density at radius 3 is 2.35 bits per heavy atom. The zero-order chi connectivity index (χ0) is 13.0. The molecular formula is C10H18N2O5. The van der Waals surface area contributed by atoms with Crippen molar-refractivity contribution in [3.63, 3.8) is 0 Å². The third kappa shape index (κ3) is 4.29. The summed E-state index contributed by atoms with van der Waals surface area (Å²) in [5, 5.41) is 27.6. The third-order valence-electron chi connectivity index (χ3n) is 2.90. The van der Waals surface area contributed by atoms with E-state index >= 15 is 0 Å². The highest BCUT2D eigenvalue weighted by Crippen LogP contribution is 2.19. The Labute approximate surface area is 99.0 Å². The van der Waals surface area contributed by atoms with Gasteiger partial charge >= 0.3 is 11.9 Å². The Morgan fingerprint density at radius 2 is 1.82 bits per heavy atom. The van der Waals surface area contributed by atoms with Crippen molar-refractivity contribution in [2.75, 3.05) is 19.6 Å². The van der Waals surface area contributed by atoms with Crippen molar-refractivity contribution in [2.24, 2.45) is 0 Å². The van der Waals surface area contributed by atoms with Crippen LogP contribution in [0.25, 0.3) is 0 Å². The highest BCUT2D eigenvalue weighted by atomic mass is 16.4. The van der Waals surface area contributed by atoms with E-state index in [9.17, 15) is 5.11 Å². The summed E-state index contributed by atoms with van der Waals surface area (Å²) in [6.07, 6.45) is 0.881. The lowest BCUT2D eigenvalue weighted by molar-refractivity contribution is -0.159. The highest BCUT2D eigenvalue weighted by molar-refractivity contribution is 6.27. The molecule has 2 rings (SSSR count). The van der Waals surface area contributed by atoms with Crippen LogP contribution in [0.2, 0.25) is 0 Å². The monoisotopic (exact) mass is 246 g/mol. The number of piperazine rings is 1. The Morgan fingerprint density at radius 1 is 1.24 bits per heavy atom. The van der Waals surface area contributed by atoms with Gasteiger partial charge in [-0.1, -0.05) is 0 Å². The fourth-order valence-corrected chi connectivity index (χ4v) is 2.15. The van der Waals surface area contributed by atoms with Crippen LogP contribution in [0.5, 0.6) is 0 Å². The van der Waals surface area contributed by atoms with Crippen molar-refractivity contribution in [1.82, 2.24) is 10.2 Å². The van der Waals surface area contributed by atoms with Crippen molar-refractivity contribution in [3.8, 4) is 0 Å². The van der Waals surface area contributed by atoms with Crippen LogP contribution in [-0.4, -0.2) is 70.0 Å². The minimum atomic E-state index is -1.82. The van der Waals surface area contributed by atoms with Crippen LogP contribution >= 0.6 is 0 Å². The van der Waals surface area contributed by atoms with E-state index in [1.54, 1.807) is 0 Å². The number of hydrogen-bond donors (Lipinski definition) is 4. The van der Waals surface area contributed by atoms with Gasteiger partial charge in [0.25, 0.3) is 0 Å². The first-order valence-corrected chi connectivity index (χ1v) is 5.52. The molecule has 0 unspecified atom stereocenters. The number of rotatable bonds is 0. The van der Waals surface area contributed by atoms with Gasteiger partial charge in [0, 0.05) is 31.7 Å². The average molecular weight is 246 g/mol. The predicted octanol–water partition coefficient (Wildman–Crippen LogP) is -1.43. The molecule has 0 bridgehead atoms. The van der Waals surface area contributed by atoms with Crippen LogP contribution in [0.15, 0.2) is 0 Å². The van der Waals surface area contributed by atoms with Gasteiger partial charge in [-0.25, -0.2) is 9.59 Å². The zero-order valence-corrected chi connectivity index (χ0v) is 9.67. The predicted molar refractivity (Wildman–Crippen MR) is 58.7 cm³/mol. The van der Waals surface area contributed by atoms with Crippen LogP contribution in [-0.2, 0) is 9.59 Å². The molecule has 98 valence electrons. The number of nitrogens with one attached hydrogen (secondary N) is 1. The lowest BCUT2D eigenvalue weighted by Crippen LogP contribution is -2.52. The van der Waals surface area contributed by atoms with Crippen LogP contribution in [0.4, 0.5) is 0 Å². The molecule has 0 aliphatic carbocycles. The summed E-state index contributed by atoms with van der Waals surface area (Å²) in [4.78, 5) is 20.6. The van der Waals surface area contributed by atoms with Crippen molar-refractivity contribution in [1.29, 1.82) is 0 Å². The Balaban J connectivity index is 0.000000209. The summed E-state index contributed by atoms with van der Waals surface area (Å²) in [5.41, 5.74) is 0. The smallest absolute Gasteiger partial charge is 0.414 e. The number of carboxylic acids is 2. The topological polar surface area (TPSA) is 110 Å². The van der Waals surface area contributed by atoms with Crippen molar-refractivity contribution in [3.05, 3.63) is 0 Å². The van der Waals surface area contributed by atoms with Crippen LogP contribution in [0.3, 0.4) is 0 Å². The minimum absolute atomic E-state index is 0.0768. The van der Waals surface area contributed by atoms with Crippen LogP contribution in [0, 0.1) is 0 Å². The molecule has 0 aromatic rings. The van der Waals surface area contributed by atoms with Crippen LogP contribution in [0.1, 0.15) is 13.3 Å². The summed E-state index contributed by atoms with van der Waals surface area (Å²) >= 11 is 0. The maximum atomic E-state index is 9.38. The fraction of sp³-hybridized carbons (Fsp3) is 0.800. The molecule has 2 fully saturated rings. The lowest BCUT2D eigenvalue weighted by Gasteiger charge is -2.33. The molecular weight excluding hydrogens is 228 g/mol. The molecule has 2 heterocycles. The van der Waals surface area contributed by atoms with E-state index in [0.717, 1.165) is 26.1 Å². The van der Waals surface area contributed by atoms with E-state index in [4.69, 9.17) is 19.8 Å².